The van der Waals surface area contributed by atoms with Crippen LogP contribution < -0.4 is 16.8 Å². The van der Waals surface area contributed by atoms with Crippen LogP contribution in [-0.4, -0.2) is 17.9 Å². The molecule has 0 aromatic heterocycles. The lowest BCUT2D eigenvalue weighted by Crippen LogP contribution is -2.39. The summed E-state index contributed by atoms with van der Waals surface area (Å²) in [6, 6.07) is 3.98. The van der Waals surface area contributed by atoms with Crippen LogP contribution in [0.3, 0.4) is 0 Å². The molecule has 1 saturated carbocycles. The Morgan fingerprint density at radius 3 is 2.40 bits per heavy atom. The first kappa shape index (κ1) is 14.3. The second kappa shape index (κ2) is 5.90. The zero-order valence-corrected chi connectivity index (χ0v) is 11.1. The van der Waals surface area contributed by atoms with E-state index in [1.165, 1.54) is 12.1 Å². The highest BCUT2D eigenvalue weighted by atomic mass is 19.1. The van der Waals surface area contributed by atoms with Crippen molar-refractivity contribution in [2.24, 2.45) is 11.7 Å². The maximum atomic E-state index is 13.3. The van der Waals surface area contributed by atoms with E-state index in [4.69, 9.17) is 11.5 Å². The number of hydrogen-bond acceptors (Lipinski definition) is 3. The number of benzene rings is 1. The minimum Gasteiger partial charge on any atom is -0.396 e. The van der Waals surface area contributed by atoms with Gasteiger partial charge in [0, 0.05) is 17.5 Å². The monoisotopic (exact) mass is 279 g/mol. The van der Waals surface area contributed by atoms with Crippen LogP contribution in [0, 0.1) is 11.7 Å². The number of anilines is 1. The van der Waals surface area contributed by atoms with Gasteiger partial charge in [0.25, 0.3) is 5.91 Å². The number of carbonyl (C=O) groups is 2. The standard InChI is InChI=1S/C14H18FN3O2/c15-11-7-9(3-6-12(11)16)14(20)18-10-4-1-8(2-5-10)13(17)19/h3,6-8,10H,1-2,4-5,16H2,(H2,17,19)(H,18,20). The van der Waals surface area contributed by atoms with Gasteiger partial charge in [0.2, 0.25) is 5.91 Å². The fourth-order valence-corrected chi connectivity index (χ4v) is 2.46. The van der Waals surface area contributed by atoms with Crippen LogP contribution in [0.1, 0.15) is 36.0 Å². The molecule has 0 unspecified atom stereocenters. The van der Waals surface area contributed by atoms with E-state index < -0.39 is 5.82 Å². The van der Waals surface area contributed by atoms with Gasteiger partial charge in [-0.1, -0.05) is 0 Å². The van der Waals surface area contributed by atoms with Crippen LogP contribution in [0.4, 0.5) is 10.1 Å². The molecule has 1 aromatic rings. The highest BCUT2D eigenvalue weighted by molar-refractivity contribution is 5.94. The minimum atomic E-state index is -0.602. The highest BCUT2D eigenvalue weighted by Crippen LogP contribution is 2.24. The van der Waals surface area contributed by atoms with E-state index in [1.807, 2.05) is 0 Å². The second-order valence-electron chi connectivity index (χ2n) is 5.16. The van der Waals surface area contributed by atoms with Crippen LogP contribution in [0.5, 0.6) is 0 Å². The Labute approximate surface area is 116 Å². The molecule has 1 aromatic carbocycles. The van der Waals surface area contributed by atoms with Crippen LogP contribution in [0.2, 0.25) is 0 Å². The van der Waals surface area contributed by atoms with Crippen molar-refractivity contribution in [1.82, 2.24) is 5.32 Å². The Morgan fingerprint density at radius 1 is 1.20 bits per heavy atom. The quantitative estimate of drug-likeness (QED) is 0.724. The third kappa shape index (κ3) is 3.26. The van der Waals surface area contributed by atoms with E-state index in [0.29, 0.717) is 25.7 Å². The van der Waals surface area contributed by atoms with Gasteiger partial charge in [-0.05, 0) is 43.9 Å². The molecule has 0 aliphatic heterocycles. The van der Waals surface area contributed by atoms with Gasteiger partial charge in [-0.2, -0.15) is 0 Å². The number of hydrogen-bond donors (Lipinski definition) is 3. The van der Waals surface area contributed by atoms with Gasteiger partial charge in [-0.15, -0.1) is 0 Å². The first-order chi connectivity index (χ1) is 9.47. The van der Waals surface area contributed by atoms with Crippen molar-refractivity contribution >= 4 is 17.5 Å². The van der Waals surface area contributed by atoms with E-state index in [1.54, 1.807) is 0 Å². The molecule has 0 bridgehead atoms. The molecule has 1 fully saturated rings. The van der Waals surface area contributed by atoms with Crippen LogP contribution >= 0.6 is 0 Å². The minimum absolute atomic E-state index is 0.00119. The molecule has 2 rings (SSSR count). The highest BCUT2D eigenvalue weighted by Gasteiger charge is 2.25. The molecule has 108 valence electrons. The Morgan fingerprint density at radius 2 is 1.85 bits per heavy atom. The average Bonchev–Trinajstić information content (AvgIpc) is 2.42. The molecule has 1 aliphatic rings. The van der Waals surface area contributed by atoms with Crippen molar-refractivity contribution in [2.75, 3.05) is 5.73 Å². The summed E-state index contributed by atoms with van der Waals surface area (Å²) in [6.45, 7) is 0. The van der Waals surface area contributed by atoms with Crippen molar-refractivity contribution < 1.29 is 14.0 Å². The maximum Gasteiger partial charge on any atom is 0.251 e. The molecular weight excluding hydrogens is 261 g/mol. The summed E-state index contributed by atoms with van der Waals surface area (Å²) in [5.74, 6) is -1.31. The van der Waals surface area contributed by atoms with Crippen molar-refractivity contribution in [2.45, 2.75) is 31.7 Å². The van der Waals surface area contributed by atoms with Crippen LogP contribution in [0.15, 0.2) is 18.2 Å². The van der Waals surface area contributed by atoms with Gasteiger partial charge in [-0.3, -0.25) is 9.59 Å². The number of carbonyl (C=O) groups excluding carboxylic acids is 2. The Balaban J connectivity index is 1.92. The molecule has 0 heterocycles. The fourth-order valence-electron chi connectivity index (χ4n) is 2.46. The molecule has 6 heteroatoms. The SMILES string of the molecule is NC(=O)C1CCC(NC(=O)c2ccc(N)c(F)c2)CC1. The van der Waals surface area contributed by atoms with Crippen molar-refractivity contribution in [3.8, 4) is 0 Å². The molecule has 0 saturated heterocycles. The topological polar surface area (TPSA) is 98.2 Å². The Hall–Kier alpha value is -2.11. The van der Waals surface area contributed by atoms with Gasteiger partial charge < -0.3 is 16.8 Å². The lowest BCUT2D eigenvalue weighted by atomic mass is 9.85. The normalized spacial score (nSPS) is 22.2. The third-order valence-corrected chi connectivity index (χ3v) is 3.73. The number of primary amides is 1. The summed E-state index contributed by atoms with van der Waals surface area (Å²) in [5, 5.41) is 2.84. The Kier molecular flexibility index (Phi) is 4.22. The number of halogens is 1. The largest absolute Gasteiger partial charge is 0.396 e. The summed E-state index contributed by atoms with van der Waals surface area (Å²) in [7, 11) is 0. The van der Waals surface area contributed by atoms with Crippen LogP contribution in [0.25, 0.3) is 0 Å². The summed E-state index contributed by atoms with van der Waals surface area (Å²) < 4.78 is 13.3. The first-order valence-corrected chi connectivity index (χ1v) is 6.62. The van der Waals surface area contributed by atoms with Gasteiger partial charge in [0.05, 0.1) is 5.69 Å². The van der Waals surface area contributed by atoms with E-state index in [2.05, 4.69) is 5.32 Å². The smallest absolute Gasteiger partial charge is 0.251 e. The molecule has 2 amide bonds. The lowest BCUT2D eigenvalue weighted by molar-refractivity contribution is -0.122. The molecule has 5 nitrogen and oxygen atoms in total. The molecule has 20 heavy (non-hydrogen) atoms. The molecule has 0 atom stereocenters. The van der Waals surface area contributed by atoms with Gasteiger partial charge in [0.1, 0.15) is 5.82 Å². The van der Waals surface area contributed by atoms with Crippen molar-refractivity contribution in [3.05, 3.63) is 29.6 Å². The molecule has 0 radical (unpaired) electrons. The summed E-state index contributed by atoms with van der Waals surface area (Å²) in [4.78, 5) is 23.0. The zero-order valence-electron chi connectivity index (χ0n) is 11.1. The molecular formula is C14H18FN3O2. The summed E-state index contributed by atoms with van der Waals surface area (Å²) in [5.41, 5.74) is 10.9. The van der Waals surface area contributed by atoms with E-state index in [-0.39, 0.29) is 35.0 Å². The van der Waals surface area contributed by atoms with Crippen molar-refractivity contribution in [3.63, 3.8) is 0 Å². The zero-order chi connectivity index (χ0) is 14.7. The molecule has 5 N–H and O–H groups in total. The first-order valence-electron chi connectivity index (χ1n) is 6.62. The fraction of sp³-hybridized carbons (Fsp3) is 0.429. The van der Waals surface area contributed by atoms with Gasteiger partial charge in [-0.25, -0.2) is 4.39 Å². The van der Waals surface area contributed by atoms with Gasteiger partial charge >= 0.3 is 0 Å². The van der Waals surface area contributed by atoms with E-state index >= 15 is 0 Å². The number of nitrogen functional groups attached to an aromatic ring is 1. The number of nitrogens with two attached hydrogens (primary N) is 2. The predicted molar refractivity (Wildman–Crippen MR) is 73.2 cm³/mol. The van der Waals surface area contributed by atoms with E-state index in [9.17, 15) is 14.0 Å². The summed E-state index contributed by atoms with van der Waals surface area (Å²) >= 11 is 0. The van der Waals surface area contributed by atoms with E-state index in [0.717, 1.165) is 6.07 Å². The number of rotatable bonds is 3. The van der Waals surface area contributed by atoms with Gasteiger partial charge in [0.15, 0.2) is 0 Å². The predicted octanol–water partition coefficient (Wildman–Crippen LogP) is 1.18. The number of amides is 2. The lowest BCUT2D eigenvalue weighted by Gasteiger charge is -2.27. The second-order valence-corrected chi connectivity index (χ2v) is 5.16. The van der Waals surface area contributed by atoms with Crippen LogP contribution in [-0.2, 0) is 4.79 Å². The summed E-state index contributed by atoms with van der Waals surface area (Å²) in [6.07, 6.45) is 2.76. The molecule has 0 spiro atoms. The average molecular weight is 279 g/mol. The molecule has 1 aliphatic carbocycles. The third-order valence-electron chi connectivity index (χ3n) is 3.73. The van der Waals surface area contributed by atoms with Crippen molar-refractivity contribution in [1.29, 1.82) is 0 Å². The maximum absolute atomic E-state index is 13.3. The number of nitrogens with one attached hydrogen (secondary N) is 1. The Bertz CT molecular complexity index is 525.